The molecule has 8 heteroatoms. The maximum Gasteiger partial charge on any atom is 0.335 e. The molecule has 0 atom stereocenters. The summed E-state index contributed by atoms with van der Waals surface area (Å²) in [6.45, 7) is 6.40. The number of carbonyl (C=O) groups is 2. The first-order valence-corrected chi connectivity index (χ1v) is 6.97. The zero-order valence-electron chi connectivity index (χ0n) is 10.3. The molecule has 0 aliphatic rings. The number of carbonyl (C=O) groups excluding carboxylic acids is 2. The Morgan fingerprint density at radius 2 is 1.67 bits per heavy atom. The van der Waals surface area contributed by atoms with E-state index in [4.69, 9.17) is 0 Å². The second kappa shape index (κ2) is 7.83. The summed E-state index contributed by atoms with van der Waals surface area (Å²) < 4.78 is 34.0. The third-order valence-electron chi connectivity index (χ3n) is 1.68. The Balaban J connectivity index is 4.93. The molecule has 0 fully saturated rings. The highest BCUT2D eigenvalue weighted by molar-refractivity contribution is 7.89. The molecule has 0 aliphatic heterocycles. The highest BCUT2D eigenvalue weighted by Crippen LogP contribution is 1.98. The molecule has 0 aromatic carbocycles. The average molecular weight is 279 g/mol. The lowest BCUT2D eigenvalue weighted by molar-refractivity contribution is -0.157. The molecule has 0 radical (unpaired) electrons. The molecular formula is C10H17NO6S. The molecule has 0 unspecified atom stereocenters. The second-order valence-electron chi connectivity index (χ2n) is 3.13. The fraction of sp³-hybridized carbons (Fsp3) is 0.600. The fourth-order valence-corrected chi connectivity index (χ4v) is 1.98. The van der Waals surface area contributed by atoms with Crippen LogP contribution in [-0.2, 0) is 29.1 Å². The van der Waals surface area contributed by atoms with E-state index < -0.39 is 33.8 Å². The monoisotopic (exact) mass is 279 g/mol. The molecule has 0 heterocycles. The average Bonchev–Trinajstić information content (AvgIpc) is 2.26. The van der Waals surface area contributed by atoms with Crippen molar-refractivity contribution >= 4 is 22.0 Å². The quantitative estimate of drug-likeness (QED) is 0.368. The van der Waals surface area contributed by atoms with Crippen LogP contribution in [0.15, 0.2) is 12.7 Å². The van der Waals surface area contributed by atoms with E-state index in [9.17, 15) is 18.0 Å². The Morgan fingerprint density at radius 3 is 2.00 bits per heavy atom. The van der Waals surface area contributed by atoms with Gasteiger partial charge in [-0.2, -0.15) is 4.72 Å². The number of ether oxygens (including phenoxy) is 2. The molecule has 0 spiro atoms. The summed E-state index contributed by atoms with van der Waals surface area (Å²) in [7, 11) is -3.83. The van der Waals surface area contributed by atoms with Crippen molar-refractivity contribution in [1.29, 1.82) is 0 Å². The van der Waals surface area contributed by atoms with Crippen molar-refractivity contribution in [2.24, 2.45) is 0 Å². The van der Waals surface area contributed by atoms with Gasteiger partial charge in [0.15, 0.2) is 0 Å². The summed E-state index contributed by atoms with van der Waals surface area (Å²) >= 11 is 0. The van der Waals surface area contributed by atoms with Gasteiger partial charge >= 0.3 is 11.9 Å². The first-order valence-electron chi connectivity index (χ1n) is 5.32. The van der Waals surface area contributed by atoms with Crippen LogP contribution in [0.1, 0.15) is 13.8 Å². The minimum Gasteiger partial charge on any atom is -0.464 e. The van der Waals surface area contributed by atoms with Gasteiger partial charge in [0.1, 0.15) is 0 Å². The summed E-state index contributed by atoms with van der Waals surface area (Å²) in [5.41, 5.74) is 0. The maximum atomic E-state index is 11.5. The molecule has 0 aromatic rings. The van der Waals surface area contributed by atoms with E-state index in [0.29, 0.717) is 0 Å². The van der Waals surface area contributed by atoms with Crippen LogP contribution in [0.4, 0.5) is 0 Å². The molecule has 0 bridgehead atoms. The minimum atomic E-state index is -3.83. The van der Waals surface area contributed by atoms with Crippen molar-refractivity contribution in [3.63, 3.8) is 0 Å². The predicted molar refractivity (Wildman–Crippen MR) is 64.2 cm³/mol. The van der Waals surface area contributed by atoms with Crippen molar-refractivity contribution in [3.05, 3.63) is 12.7 Å². The van der Waals surface area contributed by atoms with Gasteiger partial charge in [0, 0.05) is 0 Å². The van der Waals surface area contributed by atoms with Crippen LogP contribution < -0.4 is 4.72 Å². The van der Waals surface area contributed by atoms with Gasteiger partial charge in [0.05, 0.1) is 19.0 Å². The Labute approximate surface area is 106 Å². The van der Waals surface area contributed by atoms with Gasteiger partial charge in [-0.15, -0.1) is 6.58 Å². The van der Waals surface area contributed by atoms with Crippen LogP contribution in [0.25, 0.3) is 0 Å². The van der Waals surface area contributed by atoms with E-state index in [1.165, 1.54) is 0 Å². The summed E-state index contributed by atoms with van der Waals surface area (Å²) in [5, 5.41) is 0. The van der Waals surface area contributed by atoms with Crippen LogP contribution in [0.2, 0.25) is 0 Å². The number of nitrogens with one attached hydrogen (secondary N) is 1. The van der Waals surface area contributed by atoms with Gasteiger partial charge in [0.25, 0.3) is 0 Å². The topological polar surface area (TPSA) is 98.8 Å². The van der Waals surface area contributed by atoms with Crippen LogP contribution in [0.5, 0.6) is 0 Å². The smallest absolute Gasteiger partial charge is 0.335 e. The summed E-state index contributed by atoms with van der Waals surface area (Å²) in [5.74, 6) is -2.41. The van der Waals surface area contributed by atoms with Gasteiger partial charge < -0.3 is 9.47 Å². The van der Waals surface area contributed by atoms with Crippen molar-refractivity contribution in [1.82, 2.24) is 4.72 Å². The Kier molecular flexibility index (Phi) is 7.21. The van der Waals surface area contributed by atoms with Crippen LogP contribution in [0, 0.1) is 0 Å². The van der Waals surface area contributed by atoms with E-state index in [1.54, 1.807) is 13.8 Å². The number of hydrogen-bond acceptors (Lipinski definition) is 6. The summed E-state index contributed by atoms with van der Waals surface area (Å²) in [6, 6.07) is -1.69. The van der Waals surface area contributed by atoms with Crippen molar-refractivity contribution in [2.75, 3.05) is 19.0 Å². The van der Waals surface area contributed by atoms with Gasteiger partial charge in [-0.25, -0.2) is 18.0 Å². The largest absolute Gasteiger partial charge is 0.464 e. The van der Waals surface area contributed by atoms with Crippen LogP contribution >= 0.6 is 0 Å². The molecule has 0 amide bonds. The molecule has 0 rings (SSSR count). The molecule has 0 saturated carbocycles. The van der Waals surface area contributed by atoms with E-state index in [2.05, 4.69) is 16.1 Å². The van der Waals surface area contributed by atoms with E-state index in [0.717, 1.165) is 6.08 Å². The summed E-state index contributed by atoms with van der Waals surface area (Å²) in [6.07, 6.45) is 1.13. The highest BCUT2D eigenvalue weighted by atomic mass is 32.2. The van der Waals surface area contributed by atoms with E-state index in [1.807, 2.05) is 4.72 Å². The van der Waals surface area contributed by atoms with E-state index in [-0.39, 0.29) is 13.2 Å². The molecule has 18 heavy (non-hydrogen) atoms. The van der Waals surface area contributed by atoms with Gasteiger partial charge in [-0.05, 0) is 13.8 Å². The van der Waals surface area contributed by atoms with Crippen molar-refractivity contribution in [3.8, 4) is 0 Å². The maximum absolute atomic E-state index is 11.5. The molecule has 0 aromatic heterocycles. The van der Waals surface area contributed by atoms with Gasteiger partial charge in [-0.1, -0.05) is 6.08 Å². The normalized spacial score (nSPS) is 11.1. The summed E-state index contributed by atoms with van der Waals surface area (Å²) in [4.78, 5) is 22.9. The Hall–Kier alpha value is -1.41. The standard InChI is InChI=1S/C10H17NO6S/c1-4-7-18(14,15)11-8(9(12)16-5-2)10(13)17-6-3/h4,8,11H,1,5-7H2,2-3H3. The first kappa shape index (κ1) is 16.6. The number of rotatable bonds is 8. The Morgan fingerprint density at radius 1 is 1.22 bits per heavy atom. The second-order valence-corrected chi connectivity index (χ2v) is 4.92. The number of esters is 2. The predicted octanol–water partition coefficient (Wildman–Crippen LogP) is -0.413. The van der Waals surface area contributed by atoms with Crippen molar-refractivity contribution < 1.29 is 27.5 Å². The fourth-order valence-electron chi connectivity index (χ4n) is 1.03. The van der Waals surface area contributed by atoms with Crippen LogP contribution in [0.3, 0.4) is 0 Å². The lowest BCUT2D eigenvalue weighted by Crippen LogP contribution is -2.48. The molecule has 104 valence electrons. The molecule has 1 N–H and O–H groups in total. The Bertz CT molecular complexity index is 385. The molecule has 0 aliphatic carbocycles. The lowest BCUT2D eigenvalue weighted by Gasteiger charge is -2.15. The minimum absolute atomic E-state index is 0.0257. The number of sulfonamides is 1. The zero-order chi connectivity index (χ0) is 14.2. The molecular weight excluding hydrogens is 262 g/mol. The highest BCUT2D eigenvalue weighted by Gasteiger charge is 2.33. The number of hydrogen-bond donors (Lipinski definition) is 1. The zero-order valence-corrected chi connectivity index (χ0v) is 11.2. The van der Waals surface area contributed by atoms with E-state index >= 15 is 0 Å². The molecule has 0 saturated heterocycles. The SMILES string of the molecule is C=CCS(=O)(=O)NC(C(=O)OCC)C(=O)OCC. The van der Waals surface area contributed by atoms with Crippen molar-refractivity contribution in [2.45, 2.75) is 19.9 Å². The third kappa shape index (κ3) is 5.78. The first-order chi connectivity index (χ1) is 8.37. The molecule has 7 nitrogen and oxygen atoms in total. The third-order valence-corrected chi connectivity index (χ3v) is 2.95. The lowest BCUT2D eigenvalue weighted by atomic mass is 10.3. The van der Waals surface area contributed by atoms with Gasteiger partial charge in [0.2, 0.25) is 16.1 Å². The van der Waals surface area contributed by atoms with Gasteiger partial charge in [-0.3, -0.25) is 0 Å². The van der Waals surface area contributed by atoms with Crippen LogP contribution in [-0.4, -0.2) is 45.4 Å².